The molecular weight excluding hydrogens is 170 g/mol. The highest BCUT2D eigenvalue weighted by Crippen LogP contribution is 2.18. The largest absolute Gasteiger partial charge is 0.506 e. The molecule has 0 aromatic carbocycles. The molecule has 0 amide bonds. The quantitative estimate of drug-likeness (QED) is 0.527. The number of unbranched alkanes of at least 4 members (excludes halogenated alkanes) is 2. The summed E-state index contributed by atoms with van der Waals surface area (Å²) in [4.78, 5) is 10.2. The Bertz CT molecular complexity index is 205. The lowest BCUT2D eigenvalue weighted by molar-refractivity contribution is -0.00217. The van der Waals surface area contributed by atoms with Gasteiger partial charge >= 0.3 is 6.16 Å². The van der Waals surface area contributed by atoms with Crippen molar-refractivity contribution < 1.29 is 14.6 Å². The third kappa shape index (κ3) is 7.13. The van der Waals surface area contributed by atoms with E-state index in [0.717, 1.165) is 12.8 Å². The molecular formula is C9H15NO3. The molecule has 0 saturated heterocycles. The van der Waals surface area contributed by atoms with Crippen LogP contribution in [-0.4, -0.2) is 16.9 Å². The number of hydrogen-bond donors (Lipinski definition) is 1. The lowest BCUT2D eigenvalue weighted by Gasteiger charge is -2.22. The molecule has 0 aromatic heterocycles. The molecule has 0 heterocycles. The average molecular weight is 185 g/mol. The summed E-state index contributed by atoms with van der Waals surface area (Å²) in [5.41, 5.74) is -0.638. The van der Waals surface area contributed by atoms with Gasteiger partial charge in [0.2, 0.25) is 0 Å². The smallest absolute Gasteiger partial charge is 0.450 e. The number of nitriles is 1. The van der Waals surface area contributed by atoms with Gasteiger partial charge in [0.15, 0.2) is 0 Å². The molecule has 4 heteroatoms. The fourth-order valence-corrected chi connectivity index (χ4v) is 1.04. The van der Waals surface area contributed by atoms with Gasteiger partial charge in [-0.2, -0.15) is 5.26 Å². The molecule has 0 aliphatic carbocycles. The molecule has 1 N–H and O–H groups in total. The molecule has 0 radical (unpaired) electrons. The Labute approximate surface area is 78.1 Å². The van der Waals surface area contributed by atoms with Crippen molar-refractivity contribution in [1.29, 1.82) is 5.26 Å². The average Bonchev–Trinajstić information content (AvgIpc) is 1.95. The van der Waals surface area contributed by atoms with E-state index in [0.29, 0.717) is 12.8 Å². The first-order valence-electron chi connectivity index (χ1n) is 4.27. The molecule has 0 atom stereocenters. The van der Waals surface area contributed by atoms with Gasteiger partial charge in [-0.05, 0) is 33.1 Å². The molecule has 0 saturated carbocycles. The van der Waals surface area contributed by atoms with E-state index in [2.05, 4.69) is 4.74 Å². The fourth-order valence-electron chi connectivity index (χ4n) is 1.04. The number of nitrogens with zero attached hydrogens (tertiary/aromatic N) is 1. The minimum absolute atomic E-state index is 0.517. The Morgan fingerprint density at radius 2 is 2.15 bits per heavy atom. The lowest BCUT2D eigenvalue weighted by Crippen LogP contribution is -2.27. The molecule has 0 aliphatic rings. The van der Waals surface area contributed by atoms with Crippen molar-refractivity contribution >= 4 is 6.16 Å². The Hall–Kier alpha value is -1.24. The van der Waals surface area contributed by atoms with Crippen molar-refractivity contribution in [3.63, 3.8) is 0 Å². The van der Waals surface area contributed by atoms with Crippen molar-refractivity contribution in [2.75, 3.05) is 0 Å². The van der Waals surface area contributed by atoms with Crippen LogP contribution in [0.15, 0.2) is 0 Å². The third-order valence-corrected chi connectivity index (χ3v) is 1.68. The third-order valence-electron chi connectivity index (χ3n) is 1.68. The van der Waals surface area contributed by atoms with E-state index < -0.39 is 11.8 Å². The maximum Gasteiger partial charge on any atom is 0.506 e. The molecule has 0 bridgehead atoms. The van der Waals surface area contributed by atoms with Gasteiger partial charge in [0.1, 0.15) is 5.60 Å². The highest BCUT2D eigenvalue weighted by atomic mass is 16.7. The normalized spacial score (nSPS) is 10.5. The summed E-state index contributed by atoms with van der Waals surface area (Å²) >= 11 is 0. The fraction of sp³-hybridized carbons (Fsp3) is 0.778. The second kappa shape index (κ2) is 5.41. The van der Waals surface area contributed by atoms with E-state index in [1.54, 1.807) is 13.8 Å². The number of carboxylic acid groups (broad SMARTS) is 1. The molecule has 0 aliphatic heterocycles. The first-order chi connectivity index (χ1) is 5.98. The topological polar surface area (TPSA) is 70.3 Å². The number of ether oxygens (including phenoxy) is 1. The van der Waals surface area contributed by atoms with Crippen LogP contribution in [0.4, 0.5) is 4.79 Å². The van der Waals surface area contributed by atoms with Crippen LogP contribution in [0.2, 0.25) is 0 Å². The minimum atomic E-state index is -1.25. The first kappa shape index (κ1) is 11.8. The number of rotatable bonds is 5. The Morgan fingerprint density at radius 3 is 2.62 bits per heavy atom. The van der Waals surface area contributed by atoms with Crippen molar-refractivity contribution in [2.24, 2.45) is 0 Å². The highest BCUT2D eigenvalue weighted by Gasteiger charge is 2.21. The second-order valence-corrected chi connectivity index (χ2v) is 3.49. The summed E-state index contributed by atoms with van der Waals surface area (Å²) in [5.74, 6) is 0. The molecule has 0 unspecified atom stereocenters. The van der Waals surface area contributed by atoms with Gasteiger partial charge in [-0.25, -0.2) is 4.79 Å². The molecule has 74 valence electrons. The zero-order valence-corrected chi connectivity index (χ0v) is 8.04. The van der Waals surface area contributed by atoms with Gasteiger partial charge in [0.05, 0.1) is 6.07 Å². The molecule has 4 nitrogen and oxygen atoms in total. The Balaban J connectivity index is 3.64. The van der Waals surface area contributed by atoms with Gasteiger partial charge < -0.3 is 9.84 Å². The monoisotopic (exact) mass is 185 g/mol. The summed E-state index contributed by atoms with van der Waals surface area (Å²) in [6, 6.07) is 2.04. The van der Waals surface area contributed by atoms with Crippen LogP contribution in [0, 0.1) is 11.3 Å². The summed E-state index contributed by atoms with van der Waals surface area (Å²) in [7, 11) is 0. The van der Waals surface area contributed by atoms with E-state index in [4.69, 9.17) is 10.4 Å². The molecule has 0 aromatic rings. The standard InChI is InChI=1S/C9H15NO3/c1-9(2,13-8(11)12)6-4-3-5-7-10/h3-6H2,1-2H3,(H,11,12). The predicted molar refractivity (Wildman–Crippen MR) is 47.3 cm³/mol. The Morgan fingerprint density at radius 1 is 1.54 bits per heavy atom. The van der Waals surface area contributed by atoms with Gasteiger partial charge in [0, 0.05) is 6.42 Å². The number of carbonyl (C=O) groups is 1. The van der Waals surface area contributed by atoms with Crippen LogP contribution in [0.1, 0.15) is 39.5 Å². The summed E-state index contributed by atoms with van der Waals surface area (Å²) in [6.45, 7) is 3.46. The van der Waals surface area contributed by atoms with Gasteiger partial charge in [-0.15, -0.1) is 0 Å². The molecule has 0 spiro atoms. The summed E-state index contributed by atoms with van der Waals surface area (Å²) < 4.78 is 4.65. The molecule has 0 fully saturated rings. The maximum absolute atomic E-state index is 10.2. The van der Waals surface area contributed by atoms with Crippen LogP contribution < -0.4 is 0 Å². The van der Waals surface area contributed by atoms with Crippen molar-refractivity contribution in [1.82, 2.24) is 0 Å². The predicted octanol–water partition coefficient (Wildman–Crippen LogP) is 2.54. The van der Waals surface area contributed by atoms with Crippen molar-refractivity contribution in [3.05, 3.63) is 0 Å². The van der Waals surface area contributed by atoms with E-state index in [1.165, 1.54) is 0 Å². The van der Waals surface area contributed by atoms with Crippen LogP contribution in [-0.2, 0) is 4.74 Å². The Kier molecular flexibility index (Phi) is 4.90. The molecule has 0 rings (SSSR count). The SMILES string of the molecule is CC(C)(CCCCC#N)OC(=O)O. The summed E-state index contributed by atoms with van der Waals surface area (Å²) in [6.07, 6.45) is 1.53. The van der Waals surface area contributed by atoms with Gasteiger partial charge in [0.25, 0.3) is 0 Å². The van der Waals surface area contributed by atoms with E-state index >= 15 is 0 Å². The highest BCUT2D eigenvalue weighted by molar-refractivity contribution is 5.57. The minimum Gasteiger partial charge on any atom is -0.450 e. The summed E-state index contributed by atoms with van der Waals surface area (Å²) in [5, 5.41) is 16.6. The zero-order chi connectivity index (χ0) is 10.3. The van der Waals surface area contributed by atoms with E-state index in [1.807, 2.05) is 6.07 Å². The zero-order valence-electron chi connectivity index (χ0n) is 8.04. The van der Waals surface area contributed by atoms with Crippen molar-refractivity contribution in [3.8, 4) is 6.07 Å². The number of hydrogen-bond acceptors (Lipinski definition) is 3. The lowest BCUT2D eigenvalue weighted by atomic mass is 10.0. The van der Waals surface area contributed by atoms with E-state index in [-0.39, 0.29) is 0 Å². The van der Waals surface area contributed by atoms with Crippen LogP contribution in [0.3, 0.4) is 0 Å². The van der Waals surface area contributed by atoms with Gasteiger partial charge in [-0.1, -0.05) is 0 Å². The van der Waals surface area contributed by atoms with Crippen LogP contribution in [0.25, 0.3) is 0 Å². The van der Waals surface area contributed by atoms with Crippen LogP contribution in [0.5, 0.6) is 0 Å². The van der Waals surface area contributed by atoms with Crippen molar-refractivity contribution in [2.45, 2.75) is 45.1 Å². The second-order valence-electron chi connectivity index (χ2n) is 3.49. The van der Waals surface area contributed by atoms with Crippen LogP contribution >= 0.6 is 0 Å². The first-order valence-corrected chi connectivity index (χ1v) is 4.27. The van der Waals surface area contributed by atoms with E-state index in [9.17, 15) is 4.79 Å². The van der Waals surface area contributed by atoms with Gasteiger partial charge in [-0.3, -0.25) is 0 Å². The maximum atomic E-state index is 10.2. The molecule has 13 heavy (non-hydrogen) atoms.